The summed E-state index contributed by atoms with van der Waals surface area (Å²) in [5, 5.41) is 0.999. The van der Waals surface area contributed by atoms with Crippen molar-refractivity contribution in [2.24, 2.45) is 11.8 Å². The van der Waals surface area contributed by atoms with Crippen molar-refractivity contribution in [2.75, 3.05) is 32.8 Å². The standard InChI is InChI=1S/C24H31Cl3O3/c1-16(12-25)14-30-23-21(26)10-19(11-22(23)27)24(3,4)18-6-8-20(9-7-18)29-15-17(2)13-28-5/h6-11,16-17H,12-15H2,1-5H3. The summed E-state index contributed by atoms with van der Waals surface area (Å²) in [5.74, 6) is 2.41. The van der Waals surface area contributed by atoms with Crippen molar-refractivity contribution in [3.63, 3.8) is 0 Å². The van der Waals surface area contributed by atoms with Crippen LogP contribution in [0.1, 0.15) is 38.8 Å². The summed E-state index contributed by atoms with van der Waals surface area (Å²) in [7, 11) is 1.70. The summed E-state index contributed by atoms with van der Waals surface area (Å²) < 4.78 is 16.8. The lowest BCUT2D eigenvalue weighted by Gasteiger charge is -2.27. The summed E-state index contributed by atoms with van der Waals surface area (Å²) in [4.78, 5) is 0. The third-order valence-electron chi connectivity index (χ3n) is 5.06. The number of benzene rings is 2. The first-order valence-electron chi connectivity index (χ1n) is 10.1. The van der Waals surface area contributed by atoms with Gasteiger partial charge in [0.1, 0.15) is 5.75 Å². The molecule has 0 heterocycles. The number of methoxy groups -OCH3 is 1. The zero-order valence-electron chi connectivity index (χ0n) is 18.3. The molecule has 0 fully saturated rings. The Balaban J connectivity index is 2.16. The number of rotatable bonds is 11. The molecule has 0 aromatic heterocycles. The zero-order valence-corrected chi connectivity index (χ0v) is 20.6. The van der Waals surface area contributed by atoms with Gasteiger partial charge < -0.3 is 14.2 Å². The molecule has 2 unspecified atom stereocenters. The van der Waals surface area contributed by atoms with Crippen molar-refractivity contribution < 1.29 is 14.2 Å². The fourth-order valence-corrected chi connectivity index (χ4v) is 3.72. The van der Waals surface area contributed by atoms with Crippen molar-refractivity contribution in [2.45, 2.75) is 33.1 Å². The van der Waals surface area contributed by atoms with Gasteiger partial charge in [0.2, 0.25) is 0 Å². The minimum absolute atomic E-state index is 0.216. The van der Waals surface area contributed by atoms with Crippen LogP contribution in [0.4, 0.5) is 0 Å². The summed E-state index contributed by atoms with van der Waals surface area (Å²) >= 11 is 18.9. The molecule has 0 aliphatic carbocycles. The molecule has 0 radical (unpaired) electrons. The van der Waals surface area contributed by atoms with Crippen LogP contribution in [0.2, 0.25) is 10.0 Å². The fourth-order valence-electron chi connectivity index (χ4n) is 3.03. The number of halogens is 3. The molecule has 2 atom stereocenters. The molecule has 2 rings (SSSR count). The van der Waals surface area contributed by atoms with Gasteiger partial charge in [-0.25, -0.2) is 0 Å². The molecule has 0 spiro atoms. The Morgan fingerprint density at radius 1 is 0.833 bits per heavy atom. The largest absolute Gasteiger partial charge is 0.493 e. The van der Waals surface area contributed by atoms with E-state index in [-0.39, 0.29) is 11.3 Å². The molecule has 30 heavy (non-hydrogen) atoms. The molecule has 6 heteroatoms. The Hall–Kier alpha value is -1.13. The lowest BCUT2D eigenvalue weighted by Crippen LogP contribution is -2.19. The Bertz CT molecular complexity index is 783. The van der Waals surface area contributed by atoms with E-state index >= 15 is 0 Å². The number of hydrogen-bond donors (Lipinski definition) is 0. The first-order valence-corrected chi connectivity index (χ1v) is 11.4. The van der Waals surface area contributed by atoms with E-state index in [1.165, 1.54) is 0 Å². The average molecular weight is 474 g/mol. The SMILES string of the molecule is COCC(C)COc1ccc(C(C)(C)c2cc(Cl)c(OCC(C)CCl)c(Cl)c2)cc1. The van der Waals surface area contributed by atoms with Crippen molar-refractivity contribution in [1.82, 2.24) is 0 Å². The number of alkyl halides is 1. The number of ether oxygens (including phenoxy) is 3. The van der Waals surface area contributed by atoms with Gasteiger partial charge in [0, 0.05) is 30.2 Å². The minimum Gasteiger partial charge on any atom is -0.493 e. The first-order chi connectivity index (χ1) is 14.2. The predicted octanol–water partition coefficient (Wildman–Crippen LogP) is 7.23. The second-order valence-electron chi connectivity index (χ2n) is 8.36. The van der Waals surface area contributed by atoms with Crippen LogP contribution >= 0.6 is 34.8 Å². The molecular weight excluding hydrogens is 443 g/mol. The molecule has 0 saturated heterocycles. The quantitative estimate of drug-likeness (QED) is 0.322. The minimum atomic E-state index is -0.295. The van der Waals surface area contributed by atoms with E-state index < -0.39 is 0 Å². The molecule has 0 N–H and O–H groups in total. The molecule has 2 aromatic rings. The Labute approximate surface area is 195 Å². The summed E-state index contributed by atoms with van der Waals surface area (Å²) in [6, 6.07) is 12.0. The number of hydrogen-bond acceptors (Lipinski definition) is 3. The van der Waals surface area contributed by atoms with E-state index in [9.17, 15) is 0 Å². The van der Waals surface area contributed by atoms with Crippen molar-refractivity contribution in [3.05, 3.63) is 57.6 Å². The van der Waals surface area contributed by atoms with Gasteiger partial charge >= 0.3 is 0 Å². The average Bonchev–Trinajstić information content (AvgIpc) is 2.71. The molecular formula is C24H31Cl3O3. The molecule has 166 valence electrons. The third kappa shape index (κ3) is 6.68. The lowest BCUT2D eigenvalue weighted by molar-refractivity contribution is 0.127. The van der Waals surface area contributed by atoms with Crippen molar-refractivity contribution in [3.8, 4) is 11.5 Å². The second kappa shape index (κ2) is 11.5. The lowest BCUT2D eigenvalue weighted by atomic mass is 9.78. The van der Waals surface area contributed by atoms with Gasteiger partial charge in [-0.1, -0.05) is 63.0 Å². The Kier molecular flexibility index (Phi) is 9.62. The molecule has 0 amide bonds. The maximum atomic E-state index is 6.50. The Morgan fingerprint density at radius 2 is 1.40 bits per heavy atom. The van der Waals surface area contributed by atoms with Crippen LogP contribution in [-0.4, -0.2) is 32.8 Å². The summed E-state index contributed by atoms with van der Waals surface area (Å²) in [6.45, 7) is 10.2. The van der Waals surface area contributed by atoms with Gasteiger partial charge in [0.05, 0.1) is 29.9 Å². The molecule has 0 aliphatic heterocycles. The fraction of sp³-hybridized carbons (Fsp3) is 0.500. The maximum Gasteiger partial charge on any atom is 0.156 e. The van der Waals surface area contributed by atoms with Gasteiger partial charge in [0.15, 0.2) is 5.75 Å². The van der Waals surface area contributed by atoms with E-state index in [1.807, 2.05) is 31.2 Å². The van der Waals surface area contributed by atoms with Gasteiger partial charge in [-0.3, -0.25) is 0 Å². The highest BCUT2D eigenvalue weighted by atomic mass is 35.5. The van der Waals surface area contributed by atoms with Crippen molar-refractivity contribution in [1.29, 1.82) is 0 Å². The molecule has 3 nitrogen and oxygen atoms in total. The highest BCUT2D eigenvalue weighted by Gasteiger charge is 2.26. The monoisotopic (exact) mass is 472 g/mol. The van der Waals surface area contributed by atoms with Crippen LogP contribution < -0.4 is 9.47 Å². The molecule has 0 aliphatic rings. The van der Waals surface area contributed by atoms with Crippen LogP contribution in [0.3, 0.4) is 0 Å². The third-order valence-corrected chi connectivity index (χ3v) is 6.15. The van der Waals surface area contributed by atoms with Crippen LogP contribution in [0.5, 0.6) is 11.5 Å². The highest BCUT2D eigenvalue weighted by molar-refractivity contribution is 6.37. The van der Waals surface area contributed by atoms with E-state index in [0.29, 0.717) is 47.4 Å². The maximum absolute atomic E-state index is 6.50. The van der Waals surface area contributed by atoms with Crippen LogP contribution in [0.25, 0.3) is 0 Å². The van der Waals surface area contributed by atoms with Crippen LogP contribution in [-0.2, 0) is 10.2 Å². The summed E-state index contributed by atoms with van der Waals surface area (Å²) in [6.07, 6.45) is 0. The molecule has 2 aromatic carbocycles. The topological polar surface area (TPSA) is 27.7 Å². The van der Waals surface area contributed by atoms with E-state index in [0.717, 1.165) is 16.9 Å². The van der Waals surface area contributed by atoms with Crippen LogP contribution in [0.15, 0.2) is 36.4 Å². The van der Waals surface area contributed by atoms with E-state index in [2.05, 4.69) is 32.9 Å². The van der Waals surface area contributed by atoms with Crippen LogP contribution in [0, 0.1) is 11.8 Å². The van der Waals surface area contributed by atoms with Gasteiger partial charge in [-0.05, 0) is 35.4 Å². The van der Waals surface area contributed by atoms with Crippen molar-refractivity contribution >= 4 is 34.8 Å². The molecule has 0 bridgehead atoms. The second-order valence-corrected chi connectivity index (χ2v) is 9.48. The first kappa shape index (κ1) is 25.1. The van der Waals surface area contributed by atoms with Gasteiger partial charge in [-0.2, -0.15) is 0 Å². The normalized spacial score (nSPS) is 13.7. The van der Waals surface area contributed by atoms with Gasteiger partial charge in [0.25, 0.3) is 0 Å². The highest BCUT2D eigenvalue weighted by Crippen LogP contribution is 2.40. The summed E-state index contributed by atoms with van der Waals surface area (Å²) in [5.41, 5.74) is 1.85. The van der Waals surface area contributed by atoms with E-state index in [4.69, 9.17) is 49.0 Å². The smallest absolute Gasteiger partial charge is 0.156 e. The van der Waals surface area contributed by atoms with E-state index in [1.54, 1.807) is 7.11 Å². The zero-order chi connectivity index (χ0) is 22.3. The van der Waals surface area contributed by atoms with Gasteiger partial charge in [-0.15, -0.1) is 11.6 Å². The molecule has 0 saturated carbocycles. The predicted molar refractivity (Wildman–Crippen MR) is 127 cm³/mol. The Morgan fingerprint density at radius 3 is 1.93 bits per heavy atom.